The van der Waals surface area contributed by atoms with E-state index in [4.69, 9.17) is 16.7 Å². The number of anilines is 1. The molecule has 5 nitrogen and oxygen atoms in total. The van der Waals surface area contributed by atoms with Crippen LogP contribution in [0.25, 0.3) is 0 Å². The van der Waals surface area contributed by atoms with Gasteiger partial charge in [-0.05, 0) is 37.6 Å². The van der Waals surface area contributed by atoms with Crippen LogP contribution in [0.4, 0.5) is 10.1 Å². The number of hydrogen-bond donors (Lipinski definition) is 2. The summed E-state index contributed by atoms with van der Waals surface area (Å²) in [6, 6.07) is 3.04. The van der Waals surface area contributed by atoms with Gasteiger partial charge in [0.2, 0.25) is 5.91 Å². The topological polar surface area (TPSA) is 69.6 Å². The molecule has 0 bridgehead atoms. The van der Waals surface area contributed by atoms with E-state index in [9.17, 15) is 14.0 Å². The zero-order valence-electron chi connectivity index (χ0n) is 10.6. The molecule has 1 saturated heterocycles. The van der Waals surface area contributed by atoms with Crippen LogP contribution in [0.3, 0.4) is 0 Å². The quantitative estimate of drug-likeness (QED) is 0.892. The van der Waals surface area contributed by atoms with Crippen LogP contribution in [-0.4, -0.2) is 41.0 Å². The Labute approximate surface area is 120 Å². The minimum Gasteiger partial charge on any atom is -0.480 e. The minimum atomic E-state index is -0.921. The van der Waals surface area contributed by atoms with E-state index in [0.717, 1.165) is 12.5 Å². The van der Waals surface area contributed by atoms with Crippen LogP contribution >= 0.6 is 11.6 Å². The maximum atomic E-state index is 12.9. The molecule has 0 aliphatic carbocycles. The van der Waals surface area contributed by atoms with Gasteiger partial charge in [0.1, 0.15) is 11.9 Å². The highest BCUT2D eigenvalue weighted by molar-refractivity contribution is 6.33. The summed E-state index contributed by atoms with van der Waals surface area (Å²) in [4.78, 5) is 24.5. The summed E-state index contributed by atoms with van der Waals surface area (Å²) in [5.41, 5.74) is 0.309. The van der Waals surface area contributed by atoms with Gasteiger partial charge in [-0.15, -0.1) is 0 Å². The van der Waals surface area contributed by atoms with Gasteiger partial charge in [0.05, 0.1) is 17.3 Å². The fourth-order valence-corrected chi connectivity index (χ4v) is 2.47. The first-order chi connectivity index (χ1) is 9.47. The molecule has 1 aliphatic heterocycles. The van der Waals surface area contributed by atoms with Crippen molar-refractivity contribution in [2.75, 3.05) is 18.4 Å². The Morgan fingerprint density at radius 2 is 2.25 bits per heavy atom. The van der Waals surface area contributed by atoms with E-state index in [1.54, 1.807) is 4.90 Å². The summed E-state index contributed by atoms with van der Waals surface area (Å²) in [5, 5.41) is 11.7. The Morgan fingerprint density at radius 1 is 1.50 bits per heavy atom. The number of benzene rings is 1. The summed E-state index contributed by atoms with van der Waals surface area (Å²) >= 11 is 5.81. The largest absolute Gasteiger partial charge is 0.480 e. The molecule has 0 aromatic heterocycles. The van der Waals surface area contributed by atoms with Gasteiger partial charge in [-0.3, -0.25) is 14.5 Å². The highest BCUT2D eigenvalue weighted by atomic mass is 35.5. The lowest BCUT2D eigenvalue weighted by atomic mass is 10.2. The number of aliphatic carboxylic acids is 1. The Balaban J connectivity index is 1.97. The van der Waals surface area contributed by atoms with Crippen molar-refractivity contribution in [1.82, 2.24) is 4.90 Å². The molecule has 1 amide bonds. The molecule has 2 rings (SSSR count). The summed E-state index contributed by atoms with van der Waals surface area (Å²) < 4.78 is 12.9. The van der Waals surface area contributed by atoms with Crippen LogP contribution in [0.1, 0.15) is 12.8 Å². The van der Waals surface area contributed by atoms with Gasteiger partial charge in [-0.25, -0.2) is 4.39 Å². The van der Waals surface area contributed by atoms with Crippen molar-refractivity contribution in [2.24, 2.45) is 0 Å². The number of nitrogens with zero attached hydrogens (tertiary/aromatic N) is 1. The van der Waals surface area contributed by atoms with E-state index in [1.807, 2.05) is 0 Å². The van der Waals surface area contributed by atoms with Crippen molar-refractivity contribution < 1.29 is 19.1 Å². The summed E-state index contributed by atoms with van der Waals surface area (Å²) in [6.45, 7) is 0.548. The monoisotopic (exact) mass is 300 g/mol. The molecular weight excluding hydrogens is 287 g/mol. The molecule has 0 radical (unpaired) electrons. The van der Waals surface area contributed by atoms with E-state index in [0.29, 0.717) is 18.7 Å². The summed E-state index contributed by atoms with van der Waals surface area (Å²) in [5.74, 6) is -1.78. The summed E-state index contributed by atoms with van der Waals surface area (Å²) in [7, 11) is 0. The molecule has 1 aromatic rings. The van der Waals surface area contributed by atoms with Gasteiger partial charge in [0.25, 0.3) is 0 Å². The molecule has 0 saturated carbocycles. The molecular formula is C13H14ClFN2O3. The van der Waals surface area contributed by atoms with Crippen molar-refractivity contribution in [3.05, 3.63) is 29.0 Å². The molecule has 108 valence electrons. The second kappa shape index (κ2) is 6.19. The standard InChI is InChI=1S/C13H14ClFN2O3/c14-9-6-8(15)3-4-10(9)16-12(18)7-17-5-1-2-11(17)13(19)20/h3-4,6,11H,1-2,5,7H2,(H,16,18)(H,19,20). The fraction of sp³-hybridized carbons (Fsp3) is 0.385. The lowest BCUT2D eigenvalue weighted by Crippen LogP contribution is -2.40. The minimum absolute atomic E-state index is 0.0231. The molecule has 1 fully saturated rings. The second-order valence-corrected chi connectivity index (χ2v) is 5.05. The highest BCUT2D eigenvalue weighted by Gasteiger charge is 2.31. The van der Waals surface area contributed by atoms with Gasteiger partial charge in [0.15, 0.2) is 0 Å². The Morgan fingerprint density at radius 3 is 2.90 bits per heavy atom. The molecule has 0 spiro atoms. The number of halogens is 2. The number of amides is 1. The van der Waals surface area contributed by atoms with Crippen LogP contribution in [-0.2, 0) is 9.59 Å². The number of rotatable bonds is 4. The van der Waals surface area contributed by atoms with Crippen molar-refractivity contribution in [1.29, 1.82) is 0 Å². The highest BCUT2D eigenvalue weighted by Crippen LogP contribution is 2.23. The van der Waals surface area contributed by atoms with Crippen LogP contribution in [0.2, 0.25) is 5.02 Å². The first-order valence-electron chi connectivity index (χ1n) is 6.19. The van der Waals surface area contributed by atoms with Crippen molar-refractivity contribution in [2.45, 2.75) is 18.9 Å². The second-order valence-electron chi connectivity index (χ2n) is 4.64. The fourth-order valence-electron chi connectivity index (χ4n) is 2.26. The number of carboxylic acid groups (broad SMARTS) is 1. The third-order valence-electron chi connectivity index (χ3n) is 3.20. The van der Waals surface area contributed by atoms with Crippen molar-refractivity contribution in [3.8, 4) is 0 Å². The molecule has 1 aliphatic rings. The Kier molecular flexibility index (Phi) is 4.57. The van der Waals surface area contributed by atoms with Crippen LogP contribution in [0.5, 0.6) is 0 Å². The van der Waals surface area contributed by atoms with Gasteiger partial charge in [-0.2, -0.15) is 0 Å². The van der Waals surface area contributed by atoms with Crippen molar-refractivity contribution >= 4 is 29.2 Å². The Bertz CT molecular complexity index is 538. The van der Waals surface area contributed by atoms with Gasteiger partial charge in [0, 0.05) is 0 Å². The van der Waals surface area contributed by atoms with Gasteiger partial charge in [-0.1, -0.05) is 11.6 Å². The SMILES string of the molecule is O=C(CN1CCCC1C(=O)O)Nc1ccc(F)cc1Cl. The molecule has 1 atom stereocenters. The lowest BCUT2D eigenvalue weighted by Gasteiger charge is -2.20. The molecule has 1 unspecified atom stereocenters. The van der Waals surface area contributed by atoms with E-state index in [1.165, 1.54) is 12.1 Å². The average Bonchev–Trinajstić information content (AvgIpc) is 2.81. The van der Waals surface area contributed by atoms with E-state index in [2.05, 4.69) is 5.32 Å². The number of nitrogens with one attached hydrogen (secondary N) is 1. The normalized spacial score (nSPS) is 19.0. The lowest BCUT2D eigenvalue weighted by molar-refractivity contribution is -0.142. The van der Waals surface area contributed by atoms with Crippen LogP contribution < -0.4 is 5.32 Å². The zero-order chi connectivity index (χ0) is 14.7. The predicted octanol–water partition coefficient (Wildman–Crippen LogP) is 1.97. The number of carbonyl (C=O) groups is 2. The predicted molar refractivity (Wildman–Crippen MR) is 72.3 cm³/mol. The third kappa shape index (κ3) is 3.46. The number of hydrogen-bond acceptors (Lipinski definition) is 3. The number of carboxylic acids is 1. The smallest absolute Gasteiger partial charge is 0.320 e. The first-order valence-corrected chi connectivity index (χ1v) is 6.57. The molecule has 20 heavy (non-hydrogen) atoms. The number of likely N-dealkylation sites (tertiary alicyclic amines) is 1. The maximum Gasteiger partial charge on any atom is 0.320 e. The molecule has 1 heterocycles. The summed E-state index contributed by atoms with van der Waals surface area (Å²) in [6.07, 6.45) is 1.29. The molecule has 1 aromatic carbocycles. The van der Waals surface area contributed by atoms with Crippen molar-refractivity contribution in [3.63, 3.8) is 0 Å². The Hall–Kier alpha value is -1.66. The van der Waals surface area contributed by atoms with Gasteiger partial charge < -0.3 is 10.4 Å². The molecule has 2 N–H and O–H groups in total. The molecule has 7 heteroatoms. The van der Waals surface area contributed by atoms with E-state index in [-0.39, 0.29) is 17.5 Å². The van der Waals surface area contributed by atoms with Crippen LogP contribution in [0, 0.1) is 5.82 Å². The van der Waals surface area contributed by atoms with Gasteiger partial charge >= 0.3 is 5.97 Å². The number of carbonyl (C=O) groups excluding carboxylic acids is 1. The maximum absolute atomic E-state index is 12.9. The van der Waals surface area contributed by atoms with E-state index >= 15 is 0 Å². The van der Waals surface area contributed by atoms with Crippen LogP contribution in [0.15, 0.2) is 18.2 Å². The third-order valence-corrected chi connectivity index (χ3v) is 3.51. The zero-order valence-corrected chi connectivity index (χ0v) is 11.4. The average molecular weight is 301 g/mol. The van der Waals surface area contributed by atoms with E-state index < -0.39 is 17.8 Å². The first kappa shape index (κ1) is 14.7.